The first-order chi connectivity index (χ1) is 11.1. The Labute approximate surface area is 134 Å². The largest absolute Gasteiger partial charge is 0.350 e. The highest BCUT2D eigenvalue weighted by Crippen LogP contribution is 2.29. The molecule has 2 aliphatic rings. The minimum Gasteiger partial charge on any atom is -0.350 e. The van der Waals surface area contributed by atoms with Gasteiger partial charge in [0.15, 0.2) is 0 Å². The average molecular weight is 316 g/mol. The maximum Gasteiger partial charge on any atom is 0.324 e. The number of nitrogens with zero attached hydrogens (tertiary/aromatic N) is 2. The van der Waals surface area contributed by atoms with Crippen LogP contribution in [0.25, 0.3) is 0 Å². The highest BCUT2D eigenvalue weighted by atomic mass is 16.2. The molecular weight excluding hydrogens is 296 g/mol. The van der Waals surface area contributed by atoms with Crippen LogP contribution in [0.1, 0.15) is 31.2 Å². The summed E-state index contributed by atoms with van der Waals surface area (Å²) in [7, 11) is 0. The number of urea groups is 1. The van der Waals surface area contributed by atoms with Gasteiger partial charge in [0.2, 0.25) is 11.8 Å². The molecule has 122 valence electrons. The molecule has 0 spiro atoms. The van der Waals surface area contributed by atoms with E-state index in [9.17, 15) is 14.4 Å². The number of fused-ring (bicyclic) bond motifs is 1. The second kappa shape index (κ2) is 6.76. The molecule has 4 amide bonds. The van der Waals surface area contributed by atoms with Crippen molar-refractivity contribution in [1.82, 2.24) is 20.5 Å². The van der Waals surface area contributed by atoms with Crippen molar-refractivity contribution in [3.05, 3.63) is 30.1 Å². The van der Waals surface area contributed by atoms with Crippen LogP contribution in [-0.4, -0.2) is 40.3 Å². The molecule has 1 aliphatic heterocycles. The fourth-order valence-corrected chi connectivity index (χ4v) is 3.19. The van der Waals surface area contributed by atoms with Crippen molar-refractivity contribution in [2.24, 2.45) is 5.92 Å². The molecule has 3 rings (SSSR count). The minimum absolute atomic E-state index is 0.0696. The predicted octanol–water partition coefficient (Wildman–Crippen LogP) is 0.808. The zero-order valence-electron chi connectivity index (χ0n) is 12.8. The van der Waals surface area contributed by atoms with Gasteiger partial charge in [-0.15, -0.1) is 0 Å². The lowest BCUT2D eigenvalue weighted by atomic mass is 9.82. The lowest BCUT2D eigenvalue weighted by Gasteiger charge is -2.39. The summed E-state index contributed by atoms with van der Waals surface area (Å²) in [6.07, 6.45) is 6.92. The SMILES string of the molecule is O=C(CN1C(=O)NC2CCCCC2C1=O)NCc1ccncc1. The van der Waals surface area contributed by atoms with Crippen molar-refractivity contribution in [1.29, 1.82) is 0 Å². The summed E-state index contributed by atoms with van der Waals surface area (Å²) in [6.45, 7) is 0.107. The zero-order valence-corrected chi connectivity index (χ0v) is 12.8. The van der Waals surface area contributed by atoms with Crippen molar-refractivity contribution in [3.63, 3.8) is 0 Å². The van der Waals surface area contributed by atoms with Gasteiger partial charge < -0.3 is 10.6 Å². The number of imide groups is 1. The van der Waals surface area contributed by atoms with E-state index in [-0.39, 0.29) is 30.3 Å². The second-order valence-corrected chi connectivity index (χ2v) is 6.00. The minimum atomic E-state index is -0.461. The summed E-state index contributed by atoms with van der Waals surface area (Å²) in [6, 6.07) is 3.06. The summed E-state index contributed by atoms with van der Waals surface area (Å²) in [5.41, 5.74) is 0.912. The summed E-state index contributed by atoms with van der Waals surface area (Å²) >= 11 is 0. The summed E-state index contributed by atoms with van der Waals surface area (Å²) in [5.74, 6) is -0.758. The Bertz CT molecular complexity index is 605. The molecule has 2 fully saturated rings. The van der Waals surface area contributed by atoms with E-state index < -0.39 is 6.03 Å². The highest BCUT2D eigenvalue weighted by molar-refractivity contribution is 6.01. The molecular formula is C16H20N4O3. The van der Waals surface area contributed by atoms with Gasteiger partial charge in [-0.2, -0.15) is 0 Å². The van der Waals surface area contributed by atoms with Gasteiger partial charge in [0.25, 0.3) is 0 Å². The third-order valence-electron chi connectivity index (χ3n) is 4.44. The zero-order chi connectivity index (χ0) is 16.2. The number of nitrogens with one attached hydrogen (secondary N) is 2. The van der Waals surface area contributed by atoms with Gasteiger partial charge in [-0.25, -0.2) is 4.79 Å². The lowest BCUT2D eigenvalue weighted by Crippen LogP contribution is -2.62. The van der Waals surface area contributed by atoms with Crippen molar-refractivity contribution in [2.45, 2.75) is 38.3 Å². The molecule has 1 aliphatic carbocycles. The standard InChI is InChI=1S/C16H20N4O3/c21-14(18-9-11-5-7-17-8-6-11)10-20-15(22)12-3-1-2-4-13(12)19-16(20)23/h5-8,12-13H,1-4,9-10H2,(H,18,21)(H,19,23). The quantitative estimate of drug-likeness (QED) is 0.860. The van der Waals surface area contributed by atoms with Crippen LogP contribution in [0, 0.1) is 5.92 Å². The first kappa shape index (κ1) is 15.5. The number of hydrogen-bond acceptors (Lipinski definition) is 4. The Morgan fingerprint density at radius 3 is 2.78 bits per heavy atom. The first-order valence-corrected chi connectivity index (χ1v) is 7.92. The molecule has 1 aromatic heterocycles. The van der Waals surface area contributed by atoms with Crippen LogP contribution in [0.15, 0.2) is 24.5 Å². The molecule has 2 N–H and O–H groups in total. The topological polar surface area (TPSA) is 91.4 Å². The van der Waals surface area contributed by atoms with Crippen LogP contribution in [-0.2, 0) is 16.1 Å². The Hall–Kier alpha value is -2.44. The van der Waals surface area contributed by atoms with Gasteiger partial charge in [0.05, 0.1) is 5.92 Å². The van der Waals surface area contributed by atoms with Crippen molar-refractivity contribution in [3.8, 4) is 0 Å². The summed E-state index contributed by atoms with van der Waals surface area (Å²) in [4.78, 5) is 41.5. The molecule has 0 aromatic carbocycles. The predicted molar refractivity (Wildman–Crippen MR) is 82.1 cm³/mol. The number of rotatable bonds is 4. The van der Waals surface area contributed by atoms with Crippen molar-refractivity contribution >= 4 is 17.8 Å². The summed E-state index contributed by atoms with van der Waals surface area (Å²) < 4.78 is 0. The molecule has 1 aromatic rings. The maximum atomic E-state index is 12.5. The molecule has 0 bridgehead atoms. The number of aromatic nitrogens is 1. The normalized spacial score (nSPS) is 23.9. The van der Waals surface area contributed by atoms with Crippen LogP contribution >= 0.6 is 0 Å². The van der Waals surface area contributed by atoms with E-state index in [0.29, 0.717) is 6.54 Å². The molecule has 1 saturated heterocycles. The van der Waals surface area contributed by atoms with E-state index >= 15 is 0 Å². The van der Waals surface area contributed by atoms with Crippen LogP contribution in [0.3, 0.4) is 0 Å². The monoisotopic (exact) mass is 316 g/mol. The van der Waals surface area contributed by atoms with Crippen LogP contribution in [0.4, 0.5) is 4.79 Å². The molecule has 7 nitrogen and oxygen atoms in total. The van der Waals surface area contributed by atoms with E-state index in [1.807, 2.05) is 0 Å². The molecule has 2 atom stereocenters. The molecule has 23 heavy (non-hydrogen) atoms. The van der Waals surface area contributed by atoms with Crippen molar-refractivity contribution in [2.75, 3.05) is 6.54 Å². The molecule has 2 unspecified atom stereocenters. The number of carbonyl (C=O) groups is 3. The lowest BCUT2D eigenvalue weighted by molar-refractivity contribution is -0.139. The molecule has 1 saturated carbocycles. The fourth-order valence-electron chi connectivity index (χ4n) is 3.19. The maximum absolute atomic E-state index is 12.5. The number of amides is 4. The van der Waals surface area contributed by atoms with Gasteiger partial charge in [0.1, 0.15) is 6.54 Å². The van der Waals surface area contributed by atoms with E-state index in [1.165, 1.54) is 0 Å². The number of hydrogen-bond donors (Lipinski definition) is 2. The highest BCUT2D eigenvalue weighted by Gasteiger charge is 2.42. The van der Waals surface area contributed by atoms with Gasteiger partial charge in [-0.3, -0.25) is 19.5 Å². The smallest absolute Gasteiger partial charge is 0.324 e. The third-order valence-corrected chi connectivity index (χ3v) is 4.44. The number of carbonyl (C=O) groups excluding carboxylic acids is 3. The second-order valence-electron chi connectivity index (χ2n) is 6.00. The van der Waals surface area contributed by atoms with Gasteiger partial charge in [0, 0.05) is 25.0 Å². The molecule has 0 radical (unpaired) electrons. The van der Waals surface area contributed by atoms with E-state index in [2.05, 4.69) is 15.6 Å². The van der Waals surface area contributed by atoms with Crippen molar-refractivity contribution < 1.29 is 14.4 Å². The fraction of sp³-hybridized carbons (Fsp3) is 0.500. The van der Waals surface area contributed by atoms with Crippen LogP contribution < -0.4 is 10.6 Å². The Balaban J connectivity index is 1.57. The van der Waals surface area contributed by atoms with E-state index in [4.69, 9.17) is 0 Å². The van der Waals surface area contributed by atoms with E-state index in [0.717, 1.165) is 36.1 Å². The molecule has 7 heteroatoms. The first-order valence-electron chi connectivity index (χ1n) is 7.92. The average Bonchev–Trinajstić information content (AvgIpc) is 2.58. The Morgan fingerprint density at radius 2 is 2.00 bits per heavy atom. The Kier molecular flexibility index (Phi) is 4.55. The van der Waals surface area contributed by atoms with Gasteiger partial charge >= 0.3 is 6.03 Å². The third kappa shape index (κ3) is 3.49. The van der Waals surface area contributed by atoms with Crippen LogP contribution in [0.5, 0.6) is 0 Å². The molecule has 2 heterocycles. The van der Waals surface area contributed by atoms with E-state index in [1.54, 1.807) is 24.5 Å². The van der Waals surface area contributed by atoms with Gasteiger partial charge in [-0.05, 0) is 30.5 Å². The van der Waals surface area contributed by atoms with Crippen LogP contribution in [0.2, 0.25) is 0 Å². The number of pyridine rings is 1. The summed E-state index contributed by atoms with van der Waals surface area (Å²) in [5, 5.41) is 5.57. The van der Waals surface area contributed by atoms with Gasteiger partial charge in [-0.1, -0.05) is 12.8 Å². The Morgan fingerprint density at radius 1 is 1.26 bits per heavy atom.